The molecule has 0 aliphatic heterocycles. The number of hydrogen-bond donors (Lipinski definition) is 1. The van der Waals surface area contributed by atoms with Crippen molar-refractivity contribution in [3.05, 3.63) is 0 Å². The van der Waals surface area contributed by atoms with Crippen LogP contribution in [0.1, 0.15) is 48.0 Å². The second kappa shape index (κ2) is 8.96. The summed E-state index contributed by atoms with van der Waals surface area (Å²) in [4.78, 5) is 23.6. The van der Waals surface area contributed by atoms with E-state index in [1.165, 1.54) is 7.11 Å². The molecule has 0 aromatic carbocycles. The highest BCUT2D eigenvalue weighted by atomic mass is 28.4. The monoisotopic (exact) mass is 361 g/mol. The van der Waals surface area contributed by atoms with E-state index in [0.717, 1.165) is 0 Å². The Balaban J connectivity index is 4.52. The van der Waals surface area contributed by atoms with Gasteiger partial charge in [-0.05, 0) is 51.9 Å². The molecule has 0 fully saturated rings. The second-order valence-corrected chi connectivity index (χ2v) is 13.2. The first-order valence-corrected chi connectivity index (χ1v) is 11.3. The van der Waals surface area contributed by atoms with Crippen molar-refractivity contribution < 1.29 is 23.5 Å². The summed E-state index contributed by atoms with van der Waals surface area (Å²) >= 11 is 0. The summed E-state index contributed by atoms with van der Waals surface area (Å²) in [7, 11) is -0.721. The molecule has 1 atom stereocenters. The van der Waals surface area contributed by atoms with Gasteiger partial charge in [-0.3, -0.25) is 4.79 Å². The van der Waals surface area contributed by atoms with Crippen molar-refractivity contribution in [3.8, 4) is 0 Å². The lowest BCUT2D eigenvalue weighted by Gasteiger charge is -2.38. The van der Waals surface area contributed by atoms with Crippen molar-refractivity contribution in [1.82, 2.24) is 5.32 Å². The van der Waals surface area contributed by atoms with Crippen LogP contribution >= 0.6 is 0 Å². The highest BCUT2D eigenvalue weighted by molar-refractivity contribution is 6.74. The first-order valence-electron chi connectivity index (χ1n) is 8.38. The van der Waals surface area contributed by atoms with E-state index >= 15 is 0 Å². The fourth-order valence-corrected chi connectivity index (χ4v) is 2.97. The summed E-state index contributed by atoms with van der Waals surface area (Å²) < 4.78 is 16.2. The molecule has 0 aliphatic rings. The lowest BCUT2D eigenvalue weighted by molar-refractivity contribution is -0.153. The van der Waals surface area contributed by atoms with Crippen LogP contribution in [0.5, 0.6) is 0 Å². The number of methoxy groups -OCH3 is 1. The molecular formula is C17H35NO5Si. The van der Waals surface area contributed by atoms with E-state index in [-0.39, 0.29) is 23.5 Å². The van der Waals surface area contributed by atoms with Gasteiger partial charge in [0.25, 0.3) is 0 Å². The van der Waals surface area contributed by atoms with Gasteiger partial charge in [0.1, 0.15) is 11.7 Å². The van der Waals surface area contributed by atoms with Crippen LogP contribution in [0, 0.1) is 0 Å². The van der Waals surface area contributed by atoms with Crippen LogP contribution in [-0.4, -0.2) is 52.2 Å². The van der Waals surface area contributed by atoms with Crippen LogP contribution in [0.15, 0.2) is 0 Å². The zero-order chi connectivity index (χ0) is 19.2. The summed E-state index contributed by atoms with van der Waals surface area (Å²) in [6.45, 7) is 16.6. The SMILES string of the molecule is COC(=O)C(CCNCC(=O)OC(C)(C)C)O[Si](C)(C)C(C)(C)C. The molecule has 1 unspecified atom stereocenters. The number of rotatable bonds is 8. The van der Waals surface area contributed by atoms with Crippen molar-refractivity contribution >= 4 is 20.3 Å². The van der Waals surface area contributed by atoms with Gasteiger partial charge in [0.05, 0.1) is 13.7 Å². The van der Waals surface area contributed by atoms with Gasteiger partial charge in [-0.25, -0.2) is 4.79 Å². The lowest BCUT2D eigenvalue weighted by atomic mass is 10.2. The van der Waals surface area contributed by atoms with Gasteiger partial charge in [-0.1, -0.05) is 20.8 Å². The van der Waals surface area contributed by atoms with Crippen molar-refractivity contribution in [2.75, 3.05) is 20.2 Å². The number of esters is 2. The minimum atomic E-state index is -2.08. The van der Waals surface area contributed by atoms with Crippen LogP contribution in [0.4, 0.5) is 0 Å². The molecular weight excluding hydrogens is 326 g/mol. The van der Waals surface area contributed by atoms with E-state index in [0.29, 0.717) is 13.0 Å². The Labute approximate surface area is 147 Å². The Morgan fingerprint density at radius 2 is 1.62 bits per heavy atom. The van der Waals surface area contributed by atoms with Crippen LogP contribution < -0.4 is 5.32 Å². The van der Waals surface area contributed by atoms with Gasteiger partial charge in [0, 0.05) is 0 Å². The molecule has 0 aliphatic carbocycles. The van der Waals surface area contributed by atoms with Gasteiger partial charge < -0.3 is 19.2 Å². The first-order chi connectivity index (χ1) is 10.7. The standard InChI is InChI=1S/C17H35NO5Si/c1-16(2,3)22-14(19)12-18-11-10-13(15(20)21-7)23-24(8,9)17(4,5)6/h13,18H,10-12H2,1-9H3. The Morgan fingerprint density at radius 3 is 2.04 bits per heavy atom. The minimum absolute atomic E-state index is 0.00319. The van der Waals surface area contributed by atoms with E-state index in [2.05, 4.69) is 39.2 Å². The molecule has 0 spiro atoms. The summed E-state index contributed by atoms with van der Waals surface area (Å²) in [5, 5.41) is 3.00. The number of carbonyl (C=O) groups excluding carboxylic acids is 2. The predicted octanol–water partition coefficient (Wildman–Crippen LogP) is 2.87. The number of hydrogen-bond acceptors (Lipinski definition) is 6. The summed E-state index contributed by atoms with van der Waals surface area (Å²) in [6.07, 6.45) is -0.177. The quantitative estimate of drug-likeness (QED) is 0.407. The van der Waals surface area contributed by atoms with Crippen molar-refractivity contribution in [1.29, 1.82) is 0 Å². The van der Waals surface area contributed by atoms with Gasteiger partial charge in [-0.2, -0.15) is 0 Å². The molecule has 0 radical (unpaired) electrons. The molecule has 0 saturated heterocycles. The number of ether oxygens (including phenoxy) is 2. The summed E-state index contributed by atoms with van der Waals surface area (Å²) in [6, 6.07) is 0. The molecule has 0 amide bonds. The predicted molar refractivity (Wildman–Crippen MR) is 97.4 cm³/mol. The van der Waals surface area contributed by atoms with Crippen molar-refractivity contribution in [2.24, 2.45) is 0 Å². The Morgan fingerprint density at radius 1 is 1.08 bits per heavy atom. The molecule has 0 aromatic heterocycles. The van der Waals surface area contributed by atoms with Crippen molar-refractivity contribution in [3.63, 3.8) is 0 Å². The molecule has 6 nitrogen and oxygen atoms in total. The topological polar surface area (TPSA) is 73.9 Å². The molecule has 0 rings (SSSR count). The van der Waals surface area contributed by atoms with Gasteiger partial charge >= 0.3 is 11.9 Å². The van der Waals surface area contributed by atoms with Gasteiger partial charge in [0.2, 0.25) is 0 Å². The Kier molecular flexibility index (Phi) is 8.62. The van der Waals surface area contributed by atoms with Crippen molar-refractivity contribution in [2.45, 2.75) is 77.8 Å². The highest BCUT2D eigenvalue weighted by Gasteiger charge is 2.40. The molecule has 0 aromatic rings. The molecule has 0 saturated carbocycles. The Bertz CT molecular complexity index is 424. The summed E-state index contributed by atoms with van der Waals surface area (Å²) in [5.41, 5.74) is -0.501. The number of carbonyl (C=O) groups is 2. The molecule has 0 bridgehead atoms. The maximum atomic E-state index is 12.0. The van der Waals surface area contributed by atoms with Crippen LogP contribution in [0.25, 0.3) is 0 Å². The average Bonchev–Trinajstić information content (AvgIpc) is 2.37. The van der Waals surface area contributed by atoms with E-state index in [9.17, 15) is 9.59 Å². The largest absolute Gasteiger partial charge is 0.467 e. The third kappa shape index (κ3) is 8.80. The zero-order valence-corrected chi connectivity index (χ0v) is 17.7. The molecule has 142 valence electrons. The average molecular weight is 362 g/mol. The fraction of sp³-hybridized carbons (Fsp3) is 0.882. The van der Waals surface area contributed by atoms with Gasteiger partial charge in [0.15, 0.2) is 8.32 Å². The van der Waals surface area contributed by atoms with Gasteiger partial charge in [-0.15, -0.1) is 0 Å². The minimum Gasteiger partial charge on any atom is -0.467 e. The first kappa shape index (κ1) is 23.1. The maximum absolute atomic E-state index is 12.0. The van der Waals surface area contributed by atoms with E-state index in [1.54, 1.807) is 0 Å². The second-order valence-electron chi connectivity index (χ2n) is 8.44. The molecule has 1 N–H and O–H groups in total. The smallest absolute Gasteiger partial charge is 0.333 e. The molecule has 7 heteroatoms. The van der Waals surface area contributed by atoms with E-state index < -0.39 is 20.0 Å². The zero-order valence-electron chi connectivity index (χ0n) is 16.7. The molecule has 24 heavy (non-hydrogen) atoms. The lowest BCUT2D eigenvalue weighted by Crippen LogP contribution is -2.47. The maximum Gasteiger partial charge on any atom is 0.333 e. The highest BCUT2D eigenvalue weighted by Crippen LogP contribution is 2.37. The normalized spacial score (nSPS) is 14.2. The summed E-state index contributed by atoms with van der Waals surface area (Å²) in [5.74, 6) is -0.693. The van der Waals surface area contributed by atoms with Crippen LogP contribution in [-0.2, 0) is 23.5 Å². The van der Waals surface area contributed by atoms with E-state index in [1.807, 2.05) is 20.8 Å². The third-order valence-corrected chi connectivity index (χ3v) is 8.47. The van der Waals surface area contributed by atoms with Crippen LogP contribution in [0.2, 0.25) is 18.1 Å². The van der Waals surface area contributed by atoms with Crippen LogP contribution in [0.3, 0.4) is 0 Å². The Hall–Kier alpha value is -0.923. The molecule has 0 heterocycles. The van der Waals surface area contributed by atoms with E-state index in [4.69, 9.17) is 13.9 Å². The third-order valence-electron chi connectivity index (χ3n) is 3.98. The fourth-order valence-electron chi connectivity index (χ4n) is 1.69. The number of nitrogens with one attached hydrogen (secondary N) is 1.